The number of hydrogen-bond acceptors (Lipinski definition) is 3. The van der Waals surface area contributed by atoms with Gasteiger partial charge in [-0.3, -0.25) is 9.59 Å². The maximum atomic E-state index is 11.5. The largest absolute Gasteiger partial charge is 0.327 e. The Morgan fingerprint density at radius 1 is 1.31 bits per heavy atom. The van der Waals surface area contributed by atoms with Crippen molar-refractivity contribution < 1.29 is 9.59 Å². The molecule has 0 heterocycles. The van der Waals surface area contributed by atoms with Gasteiger partial charge < -0.3 is 11.1 Å². The molecule has 4 heteroatoms. The molecule has 1 saturated carbocycles. The van der Waals surface area contributed by atoms with Gasteiger partial charge in [0.1, 0.15) is 0 Å². The van der Waals surface area contributed by atoms with Crippen LogP contribution in [0.2, 0.25) is 0 Å². The summed E-state index contributed by atoms with van der Waals surface area (Å²) >= 11 is 0. The van der Waals surface area contributed by atoms with Gasteiger partial charge in [0.2, 0.25) is 5.91 Å². The average molecular weight is 218 g/mol. The quantitative estimate of drug-likeness (QED) is 0.748. The van der Waals surface area contributed by atoms with Crippen LogP contribution in [-0.4, -0.2) is 17.7 Å². The molecule has 4 nitrogen and oxygen atoms in total. The van der Waals surface area contributed by atoms with Gasteiger partial charge in [-0.25, -0.2) is 0 Å². The maximum Gasteiger partial charge on any atom is 0.229 e. The predicted molar refractivity (Wildman–Crippen MR) is 61.2 cm³/mol. The number of hydrogen-bond donors (Lipinski definition) is 2. The molecule has 0 radical (unpaired) electrons. The lowest BCUT2D eigenvalue weighted by Gasteiger charge is -2.04. The van der Waals surface area contributed by atoms with Crippen molar-refractivity contribution in [2.24, 2.45) is 11.7 Å². The molecule has 16 heavy (non-hydrogen) atoms. The fourth-order valence-electron chi connectivity index (χ4n) is 1.54. The number of benzene rings is 1. The highest BCUT2D eigenvalue weighted by molar-refractivity contribution is 5.97. The minimum Gasteiger partial charge on any atom is -0.327 e. The highest BCUT2D eigenvalue weighted by Gasteiger charge is 2.39. The smallest absolute Gasteiger partial charge is 0.229 e. The fourth-order valence-corrected chi connectivity index (χ4v) is 1.54. The van der Waals surface area contributed by atoms with Crippen molar-refractivity contribution in [3.63, 3.8) is 0 Å². The van der Waals surface area contributed by atoms with Crippen LogP contribution in [-0.2, 0) is 4.79 Å². The van der Waals surface area contributed by atoms with Crippen molar-refractivity contribution >= 4 is 17.4 Å². The van der Waals surface area contributed by atoms with Gasteiger partial charge in [0.25, 0.3) is 0 Å². The first kappa shape index (κ1) is 10.8. The van der Waals surface area contributed by atoms with Crippen molar-refractivity contribution in [2.45, 2.75) is 19.4 Å². The van der Waals surface area contributed by atoms with Gasteiger partial charge in [-0.15, -0.1) is 0 Å². The average Bonchev–Trinajstić information content (AvgIpc) is 2.96. The van der Waals surface area contributed by atoms with E-state index in [1.54, 1.807) is 24.3 Å². The molecule has 2 unspecified atom stereocenters. The van der Waals surface area contributed by atoms with Crippen LogP contribution in [0.15, 0.2) is 24.3 Å². The first-order valence-corrected chi connectivity index (χ1v) is 5.25. The van der Waals surface area contributed by atoms with Gasteiger partial charge >= 0.3 is 0 Å². The fraction of sp³-hybridized carbons (Fsp3) is 0.333. The van der Waals surface area contributed by atoms with Crippen LogP contribution < -0.4 is 11.1 Å². The van der Waals surface area contributed by atoms with Crippen molar-refractivity contribution in [3.05, 3.63) is 29.8 Å². The Bertz CT molecular complexity index is 425. The third-order valence-electron chi connectivity index (χ3n) is 2.74. The normalized spacial score (nSPS) is 22.6. The molecule has 1 aromatic carbocycles. The Morgan fingerprint density at radius 2 is 1.88 bits per heavy atom. The minimum atomic E-state index is -0.0486. The van der Waals surface area contributed by atoms with Crippen LogP contribution in [0.5, 0.6) is 0 Å². The van der Waals surface area contributed by atoms with Crippen LogP contribution in [0.4, 0.5) is 5.69 Å². The molecule has 84 valence electrons. The number of anilines is 1. The first-order valence-electron chi connectivity index (χ1n) is 5.25. The zero-order valence-corrected chi connectivity index (χ0v) is 9.07. The number of carbonyl (C=O) groups excluding carboxylic acids is 2. The monoisotopic (exact) mass is 218 g/mol. The molecule has 2 atom stereocenters. The number of Topliss-reactive ketones (excluding diaryl/α,β-unsaturated/α-hetero) is 1. The third kappa shape index (κ3) is 2.28. The molecule has 3 N–H and O–H groups in total. The molecule has 0 spiro atoms. The van der Waals surface area contributed by atoms with Crippen molar-refractivity contribution in [3.8, 4) is 0 Å². The van der Waals surface area contributed by atoms with E-state index in [2.05, 4.69) is 5.32 Å². The first-order chi connectivity index (χ1) is 7.58. The molecular formula is C12H14N2O2. The van der Waals surface area contributed by atoms with Gasteiger partial charge in [-0.1, -0.05) is 0 Å². The summed E-state index contributed by atoms with van der Waals surface area (Å²) in [4.78, 5) is 22.6. The summed E-state index contributed by atoms with van der Waals surface area (Å²) in [5, 5.41) is 2.77. The van der Waals surface area contributed by atoms with Gasteiger partial charge in [0.05, 0.1) is 5.92 Å². The summed E-state index contributed by atoms with van der Waals surface area (Å²) in [6.45, 7) is 1.51. The van der Waals surface area contributed by atoms with Gasteiger partial charge in [-0.2, -0.15) is 0 Å². The highest BCUT2D eigenvalue weighted by Crippen LogP contribution is 2.29. The lowest BCUT2D eigenvalue weighted by Crippen LogP contribution is -2.18. The van der Waals surface area contributed by atoms with E-state index in [-0.39, 0.29) is 23.7 Å². The molecule has 2 rings (SSSR count). The standard InChI is InChI=1S/C12H14N2O2/c1-7(15)8-2-4-9(5-3-8)14-12(16)10-6-11(10)13/h2-5,10-11H,6,13H2,1H3,(H,14,16). The third-order valence-corrected chi connectivity index (χ3v) is 2.74. The van der Waals surface area contributed by atoms with E-state index in [0.29, 0.717) is 11.3 Å². The van der Waals surface area contributed by atoms with Crippen molar-refractivity contribution in [1.82, 2.24) is 0 Å². The number of nitrogens with one attached hydrogen (secondary N) is 1. The molecule has 1 fully saturated rings. The molecule has 1 aromatic rings. The van der Waals surface area contributed by atoms with Gasteiger partial charge in [0.15, 0.2) is 5.78 Å². The zero-order valence-electron chi connectivity index (χ0n) is 9.07. The summed E-state index contributed by atoms with van der Waals surface area (Å²) < 4.78 is 0. The van der Waals surface area contributed by atoms with E-state index in [4.69, 9.17) is 5.73 Å². The number of ketones is 1. The Morgan fingerprint density at radius 3 is 2.31 bits per heavy atom. The Labute approximate surface area is 93.8 Å². The topological polar surface area (TPSA) is 72.2 Å². The molecule has 0 saturated heterocycles. The highest BCUT2D eigenvalue weighted by atomic mass is 16.2. The molecule has 0 aromatic heterocycles. The van der Waals surface area contributed by atoms with Crippen molar-refractivity contribution in [2.75, 3.05) is 5.32 Å². The molecule has 1 aliphatic rings. The number of rotatable bonds is 3. The van der Waals surface area contributed by atoms with E-state index < -0.39 is 0 Å². The summed E-state index contributed by atoms with van der Waals surface area (Å²) in [5.41, 5.74) is 6.92. The Hall–Kier alpha value is -1.68. The molecule has 0 bridgehead atoms. The van der Waals surface area contributed by atoms with Crippen LogP contribution in [0, 0.1) is 5.92 Å². The van der Waals surface area contributed by atoms with E-state index in [9.17, 15) is 9.59 Å². The summed E-state index contributed by atoms with van der Waals surface area (Å²) in [7, 11) is 0. The van der Waals surface area contributed by atoms with Crippen LogP contribution in [0.1, 0.15) is 23.7 Å². The van der Waals surface area contributed by atoms with E-state index in [1.807, 2.05) is 0 Å². The molecular weight excluding hydrogens is 204 g/mol. The van der Waals surface area contributed by atoms with Crippen LogP contribution in [0.25, 0.3) is 0 Å². The van der Waals surface area contributed by atoms with Crippen LogP contribution >= 0.6 is 0 Å². The maximum absolute atomic E-state index is 11.5. The van der Waals surface area contributed by atoms with Crippen molar-refractivity contribution in [1.29, 1.82) is 0 Å². The lowest BCUT2D eigenvalue weighted by molar-refractivity contribution is -0.117. The predicted octanol–water partition coefficient (Wildman–Crippen LogP) is 1.17. The van der Waals surface area contributed by atoms with Crippen LogP contribution in [0.3, 0.4) is 0 Å². The second-order valence-corrected chi connectivity index (χ2v) is 4.13. The Kier molecular flexibility index (Phi) is 2.75. The minimum absolute atomic E-state index is 0.0106. The zero-order chi connectivity index (χ0) is 11.7. The number of carbonyl (C=O) groups is 2. The SMILES string of the molecule is CC(=O)c1ccc(NC(=O)C2CC2N)cc1. The van der Waals surface area contributed by atoms with Gasteiger partial charge in [-0.05, 0) is 37.6 Å². The van der Waals surface area contributed by atoms with E-state index >= 15 is 0 Å². The lowest BCUT2D eigenvalue weighted by atomic mass is 10.1. The number of nitrogens with two attached hydrogens (primary N) is 1. The molecule has 0 aliphatic heterocycles. The van der Waals surface area contributed by atoms with Gasteiger partial charge in [0, 0.05) is 17.3 Å². The second kappa shape index (κ2) is 4.06. The second-order valence-electron chi connectivity index (χ2n) is 4.13. The Balaban J connectivity index is 2.00. The summed E-state index contributed by atoms with van der Waals surface area (Å²) in [6, 6.07) is 6.86. The number of amides is 1. The van der Waals surface area contributed by atoms with E-state index in [0.717, 1.165) is 6.42 Å². The summed E-state index contributed by atoms with van der Waals surface area (Å²) in [6.07, 6.45) is 0.761. The molecule has 1 amide bonds. The summed E-state index contributed by atoms with van der Waals surface area (Å²) in [5.74, 6) is -0.0716. The molecule has 1 aliphatic carbocycles. The van der Waals surface area contributed by atoms with E-state index in [1.165, 1.54) is 6.92 Å².